The maximum Gasteiger partial charge on any atom is 0.435 e. The highest BCUT2D eigenvalue weighted by Crippen LogP contribution is 2.37. The third kappa shape index (κ3) is 4.58. The molecule has 0 aliphatic heterocycles. The van der Waals surface area contributed by atoms with Crippen LogP contribution in [-0.4, -0.2) is 45.8 Å². The van der Waals surface area contributed by atoms with Crippen LogP contribution in [0.5, 0.6) is 11.8 Å². The monoisotopic (exact) mass is 457 g/mol. The fourth-order valence-corrected chi connectivity index (χ4v) is 3.29. The van der Waals surface area contributed by atoms with Gasteiger partial charge in [-0.3, -0.25) is 14.9 Å². The van der Waals surface area contributed by atoms with Gasteiger partial charge >= 0.3 is 6.18 Å². The van der Waals surface area contributed by atoms with Crippen molar-refractivity contribution < 1.29 is 36.6 Å². The SMILES string of the molecule is COc1ncnc(OC)c1C(=O)Nc1nc(C(F)(F)F)c(C(=O)c2ccc(F)cn2)s1. The van der Waals surface area contributed by atoms with Gasteiger partial charge < -0.3 is 9.47 Å². The van der Waals surface area contributed by atoms with Gasteiger partial charge in [0.15, 0.2) is 16.4 Å². The summed E-state index contributed by atoms with van der Waals surface area (Å²) < 4.78 is 63.2. The van der Waals surface area contributed by atoms with Crippen molar-refractivity contribution in [1.29, 1.82) is 0 Å². The molecule has 1 N–H and O–H groups in total. The van der Waals surface area contributed by atoms with Crippen molar-refractivity contribution in [3.8, 4) is 11.8 Å². The second kappa shape index (κ2) is 8.59. The number of carbonyl (C=O) groups excluding carboxylic acids is 2. The molecule has 0 radical (unpaired) electrons. The zero-order valence-corrected chi connectivity index (χ0v) is 16.5. The fourth-order valence-electron chi connectivity index (χ4n) is 2.36. The van der Waals surface area contributed by atoms with Gasteiger partial charge in [0.05, 0.1) is 20.4 Å². The van der Waals surface area contributed by atoms with E-state index in [1.54, 1.807) is 0 Å². The summed E-state index contributed by atoms with van der Waals surface area (Å²) in [6, 6.07) is 1.82. The maximum absolute atomic E-state index is 13.4. The molecule has 31 heavy (non-hydrogen) atoms. The van der Waals surface area contributed by atoms with Gasteiger partial charge in [-0.1, -0.05) is 11.3 Å². The predicted octanol–water partition coefficient (Wildman–Crippen LogP) is 2.99. The second-order valence-corrected chi connectivity index (χ2v) is 6.61. The fraction of sp³-hybridized carbons (Fsp3) is 0.176. The Balaban J connectivity index is 2.00. The van der Waals surface area contributed by atoms with E-state index < -0.39 is 45.1 Å². The third-order valence-electron chi connectivity index (χ3n) is 3.67. The number of amides is 1. The Morgan fingerprint density at radius 3 is 2.23 bits per heavy atom. The van der Waals surface area contributed by atoms with Crippen LogP contribution in [0.25, 0.3) is 0 Å². The molecule has 0 spiro atoms. The Kier molecular flexibility index (Phi) is 6.10. The number of anilines is 1. The molecular formula is C17H11F4N5O4S. The van der Waals surface area contributed by atoms with Crippen LogP contribution in [0.2, 0.25) is 0 Å². The number of hydrogen-bond acceptors (Lipinski definition) is 9. The lowest BCUT2D eigenvalue weighted by Crippen LogP contribution is -2.16. The summed E-state index contributed by atoms with van der Waals surface area (Å²) in [5.41, 5.74) is -2.23. The molecule has 3 rings (SSSR count). The zero-order valence-electron chi connectivity index (χ0n) is 15.7. The number of rotatable bonds is 6. The van der Waals surface area contributed by atoms with Crippen LogP contribution < -0.4 is 14.8 Å². The lowest BCUT2D eigenvalue weighted by atomic mass is 10.2. The summed E-state index contributed by atoms with van der Waals surface area (Å²) in [6.07, 6.45) is -3.25. The van der Waals surface area contributed by atoms with E-state index in [2.05, 4.69) is 25.3 Å². The van der Waals surface area contributed by atoms with Gasteiger partial charge in [-0.25, -0.2) is 24.3 Å². The molecule has 3 heterocycles. The molecule has 9 nitrogen and oxygen atoms in total. The van der Waals surface area contributed by atoms with Crippen LogP contribution in [0.15, 0.2) is 24.7 Å². The first-order valence-corrected chi connectivity index (χ1v) is 8.96. The second-order valence-electron chi connectivity index (χ2n) is 5.61. The molecule has 0 saturated carbocycles. The van der Waals surface area contributed by atoms with E-state index in [0.717, 1.165) is 18.5 Å². The highest BCUT2D eigenvalue weighted by atomic mass is 32.1. The Bertz CT molecular complexity index is 1110. The third-order valence-corrected chi connectivity index (χ3v) is 4.64. The number of carbonyl (C=O) groups is 2. The van der Waals surface area contributed by atoms with E-state index in [0.29, 0.717) is 6.20 Å². The van der Waals surface area contributed by atoms with Crippen molar-refractivity contribution in [3.63, 3.8) is 0 Å². The van der Waals surface area contributed by atoms with Crippen molar-refractivity contribution in [2.24, 2.45) is 0 Å². The van der Waals surface area contributed by atoms with Crippen molar-refractivity contribution in [2.45, 2.75) is 6.18 Å². The number of ketones is 1. The average Bonchev–Trinajstić information content (AvgIpc) is 3.17. The molecule has 3 aromatic rings. The van der Waals surface area contributed by atoms with Gasteiger partial charge in [0.1, 0.15) is 22.7 Å². The molecule has 162 valence electrons. The first kappa shape index (κ1) is 22.0. The molecule has 0 fully saturated rings. The molecule has 14 heteroatoms. The van der Waals surface area contributed by atoms with E-state index in [1.165, 1.54) is 14.2 Å². The Morgan fingerprint density at radius 1 is 1.06 bits per heavy atom. The predicted molar refractivity (Wildman–Crippen MR) is 97.8 cm³/mol. The van der Waals surface area contributed by atoms with E-state index in [4.69, 9.17) is 9.47 Å². The summed E-state index contributed by atoms with van der Waals surface area (Å²) in [7, 11) is 2.44. The Hall–Kier alpha value is -3.68. The number of halogens is 4. The van der Waals surface area contributed by atoms with Crippen LogP contribution in [-0.2, 0) is 6.18 Å². The van der Waals surface area contributed by atoms with Crippen LogP contribution >= 0.6 is 11.3 Å². The molecule has 3 aromatic heterocycles. The normalized spacial score (nSPS) is 11.2. The zero-order chi connectivity index (χ0) is 22.8. The van der Waals surface area contributed by atoms with Crippen molar-refractivity contribution in [2.75, 3.05) is 19.5 Å². The van der Waals surface area contributed by atoms with Crippen molar-refractivity contribution in [3.05, 3.63) is 52.3 Å². The van der Waals surface area contributed by atoms with Crippen LogP contribution in [0.3, 0.4) is 0 Å². The summed E-state index contributed by atoms with van der Waals surface area (Å²) >= 11 is 0.275. The highest BCUT2D eigenvalue weighted by molar-refractivity contribution is 7.18. The number of alkyl halides is 3. The van der Waals surface area contributed by atoms with Gasteiger partial charge in [-0.05, 0) is 12.1 Å². The van der Waals surface area contributed by atoms with Gasteiger partial charge in [0.2, 0.25) is 17.5 Å². The van der Waals surface area contributed by atoms with E-state index in [-0.39, 0.29) is 28.7 Å². The number of hydrogen-bond donors (Lipinski definition) is 1. The largest absolute Gasteiger partial charge is 0.480 e. The molecule has 0 aliphatic carbocycles. The molecule has 0 aliphatic rings. The van der Waals surface area contributed by atoms with Crippen molar-refractivity contribution >= 4 is 28.2 Å². The smallest absolute Gasteiger partial charge is 0.435 e. The Labute approximate surface area is 175 Å². The number of pyridine rings is 1. The lowest BCUT2D eigenvalue weighted by Gasteiger charge is -2.09. The van der Waals surface area contributed by atoms with Crippen LogP contribution in [0, 0.1) is 5.82 Å². The summed E-state index contributed by atoms with van der Waals surface area (Å²) in [5, 5.41) is 1.62. The standard InChI is InChI=1S/C17H11F4N5O4S/c1-29-14-9(15(30-2)24-6-23-14)13(28)26-16-25-12(17(19,20)21)11(31-16)10(27)8-4-3-7(18)5-22-8/h3-6H,1-2H3,(H,25,26,28). The maximum atomic E-state index is 13.4. The van der Waals surface area contributed by atoms with Gasteiger partial charge in [0.25, 0.3) is 5.91 Å². The minimum atomic E-state index is -5.00. The Morgan fingerprint density at radius 2 is 1.71 bits per heavy atom. The van der Waals surface area contributed by atoms with E-state index >= 15 is 0 Å². The number of methoxy groups -OCH3 is 2. The summed E-state index contributed by atoms with van der Waals surface area (Å²) in [5.74, 6) is -3.26. The average molecular weight is 457 g/mol. The molecule has 0 atom stereocenters. The van der Waals surface area contributed by atoms with Crippen molar-refractivity contribution in [1.82, 2.24) is 19.9 Å². The molecule has 1 amide bonds. The minimum absolute atomic E-state index is 0.191. The highest BCUT2D eigenvalue weighted by Gasteiger charge is 2.40. The topological polar surface area (TPSA) is 116 Å². The first-order chi connectivity index (χ1) is 14.7. The minimum Gasteiger partial charge on any atom is -0.480 e. The summed E-state index contributed by atoms with van der Waals surface area (Å²) in [6.45, 7) is 0. The number of ether oxygens (including phenoxy) is 2. The molecule has 0 bridgehead atoms. The molecule has 0 unspecified atom stereocenters. The quantitative estimate of drug-likeness (QED) is 0.444. The molecule has 0 saturated heterocycles. The van der Waals surface area contributed by atoms with Crippen LogP contribution in [0.4, 0.5) is 22.7 Å². The van der Waals surface area contributed by atoms with E-state index in [9.17, 15) is 27.2 Å². The lowest BCUT2D eigenvalue weighted by molar-refractivity contribution is -0.140. The number of aromatic nitrogens is 4. The number of nitrogens with zero attached hydrogens (tertiary/aromatic N) is 4. The number of thiazole rings is 1. The van der Waals surface area contributed by atoms with Crippen LogP contribution in [0.1, 0.15) is 31.4 Å². The molecular weight excluding hydrogens is 446 g/mol. The first-order valence-electron chi connectivity index (χ1n) is 8.14. The van der Waals surface area contributed by atoms with Gasteiger partial charge in [-0.15, -0.1) is 0 Å². The van der Waals surface area contributed by atoms with Gasteiger partial charge in [0, 0.05) is 0 Å². The molecule has 0 aromatic carbocycles. The number of nitrogens with one attached hydrogen (secondary N) is 1. The van der Waals surface area contributed by atoms with Gasteiger partial charge in [-0.2, -0.15) is 13.2 Å². The summed E-state index contributed by atoms with van der Waals surface area (Å²) in [4.78, 5) is 38.6. The van der Waals surface area contributed by atoms with E-state index in [1.807, 2.05) is 0 Å².